The molecule has 0 fully saturated rings. The minimum absolute atomic E-state index is 0.113. The van der Waals surface area contributed by atoms with Gasteiger partial charge < -0.3 is 5.73 Å². The van der Waals surface area contributed by atoms with E-state index in [1.807, 2.05) is 20.8 Å². The highest BCUT2D eigenvalue weighted by atomic mass is 16.1. The number of carbonyl (C=O) groups excluding carboxylic acids is 1. The molecule has 2 N–H and O–H groups in total. The number of aromatic nitrogens is 2. The van der Waals surface area contributed by atoms with E-state index in [2.05, 4.69) is 9.97 Å². The van der Waals surface area contributed by atoms with Gasteiger partial charge in [0.25, 0.3) is 0 Å². The van der Waals surface area contributed by atoms with Crippen LogP contribution in [-0.4, -0.2) is 16.3 Å². The number of carbonyl (C=O) groups is 1. The number of nitrogen functional groups attached to an aromatic ring is 1. The fraction of sp³-hybridized carbons (Fsp3) is 0.444. The molecule has 0 saturated heterocycles. The molecule has 0 bridgehead atoms. The highest BCUT2D eigenvalue weighted by Gasteiger charge is 2.17. The van der Waals surface area contributed by atoms with E-state index in [1.54, 1.807) is 6.20 Å². The number of aldehydes is 1. The Morgan fingerprint density at radius 3 is 2.54 bits per heavy atom. The summed E-state index contributed by atoms with van der Waals surface area (Å²) in [4.78, 5) is 18.5. The van der Waals surface area contributed by atoms with Crippen molar-refractivity contribution in [2.45, 2.75) is 26.2 Å². The maximum Gasteiger partial charge on any atom is 0.172 e. The van der Waals surface area contributed by atoms with Gasteiger partial charge in [0, 0.05) is 5.41 Å². The van der Waals surface area contributed by atoms with Crippen LogP contribution in [0.5, 0.6) is 0 Å². The molecule has 0 aliphatic heterocycles. The standard InChI is InChI=1S/C9H13N3O/c1-9(2,3)7-4-11-8(10)6(5-13)12-7/h4-5H,1-3H3,(H2,10,11). The van der Waals surface area contributed by atoms with Crippen LogP contribution in [0.1, 0.15) is 37.0 Å². The van der Waals surface area contributed by atoms with Crippen molar-refractivity contribution in [2.24, 2.45) is 0 Å². The summed E-state index contributed by atoms with van der Waals surface area (Å²) in [7, 11) is 0. The molecular formula is C9H13N3O. The van der Waals surface area contributed by atoms with Crippen LogP contribution in [-0.2, 0) is 5.41 Å². The fourth-order valence-electron chi connectivity index (χ4n) is 0.861. The molecule has 0 atom stereocenters. The summed E-state index contributed by atoms with van der Waals surface area (Å²) in [5.41, 5.74) is 6.31. The van der Waals surface area contributed by atoms with Crippen LogP contribution < -0.4 is 5.73 Å². The number of nitrogens with zero attached hydrogens (tertiary/aromatic N) is 2. The van der Waals surface area contributed by atoms with Crippen LogP contribution in [0.25, 0.3) is 0 Å². The first-order chi connectivity index (χ1) is 5.95. The van der Waals surface area contributed by atoms with E-state index >= 15 is 0 Å². The second-order valence-electron chi connectivity index (χ2n) is 3.89. The summed E-state index contributed by atoms with van der Waals surface area (Å²) < 4.78 is 0. The Kier molecular flexibility index (Phi) is 2.32. The van der Waals surface area contributed by atoms with E-state index < -0.39 is 0 Å². The van der Waals surface area contributed by atoms with E-state index in [-0.39, 0.29) is 16.9 Å². The van der Waals surface area contributed by atoms with Crippen molar-refractivity contribution < 1.29 is 4.79 Å². The first-order valence-corrected chi connectivity index (χ1v) is 4.03. The molecular weight excluding hydrogens is 166 g/mol. The van der Waals surface area contributed by atoms with Crippen LogP contribution in [0, 0.1) is 0 Å². The van der Waals surface area contributed by atoms with Crippen LogP contribution in [0.3, 0.4) is 0 Å². The third-order valence-corrected chi connectivity index (χ3v) is 1.71. The Hall–Kier alpha value is -1.45. The highest BCUT2D eigenvalue weighted by molar-refractivity contribution is 5.78. The first kappa shape index (κ1) is 9.64. The maximum atomic E-state index is 10.5. The maximum absolute atomic E-state index is 10.5. The minimum Gasteiger partial charge on any atom is -0.382 e. The van der Waals surface area contributed by atoms with Gasteiger partial charge in [-0.05, 0) is 0 Å². The molecule has 13 heavy (non-hydrogen) atoms. The van der Waals surface area contributed by atoms with Crippen molar-refractivity contribution in [1.29, 1.82) is 0 Å². The normalized spacial score (nSPS) is 11.3. The zero-order valence-electron chi connectivity index (χ0n) is 8.03. The number of nitrogens with two attached hydrogens (primary N) is 1. The average Bonchev–Trinajstić information content (AvgIpc) is 2.03. The molecule has 0 saturated carbocycles. The van der Waals surface area contributed by atoms with Crippen LogP contribution in [0.15, 0.2) is 6.20 Å². The largest absolute Gasteiger partial charge is 0.382 e. The van der Waals surface area contributed by atoms with Gasteiger partial charge in [0.1, 0.15) is 5.69 Å². The quantitative estimate of drug-likeness (QED) is 0.657. The van der Waals surface area contributed by atoms with Crippen molar-refractivity contribution in [2.75, 3.05) is 5.73 Å². The van der Waals surface area contributed by atoms with Crippen molar-refractivity contribution >= 4 is 12.1 Å². The fourth-order valence-corrected chi connectivity index (χ4v) is 0.861. The SMILES string of the molecule is CC(C)(C)c1cnc(N)c(C=O)n1. The van der Waals surface area contributed by atoms with Gasteiger partial charge in [0.15, 0.2) is 12.1 Å². The molecule has 1 aromatic rings. The molecule has 0 aromatic carbocycles. The highest BCUT2D eigenvalue weighted by Crippen LogP contribution is 2.19. The Bertz CT molecular complexity index is 328. The number of rotatable bonds is 1. The predicted molar refractivity (Wildman–Crippen MR) is 50.5 cm³/mol. The molecule has 0 radical (unpaired) electrons. The van der Waals surface area contributed by atoms with Gasteiger partial charge in [-0.2, -0.15) is 0 Å². The molecule has 1 aromatic heterocycles. The molecule has 1 heterocycles. The summed E-state index contributed by atoms with van der Waals surface area (Å²) in [6.07, 6.45) is 2.22. The smallest absolute Gasteiger partial charge is 0.172 e. The Labute approximate surface area is 77.2 Å². The first-order valence-electron chi connectivity index (χ1n) is 4.03. The van der Waals surface area contributed by atoms with E-state index in [0.717, 1.165) is 5.69 Å². The lowest BCUT2D eigenvalue weighted by molar-refractivity contribution is 0.111. The third kappa shape index (κ3) is 2.02. The van der Waals surface area contributed by atoms with Gasteiger partial charge in [0.2, 0.25) is 0 Å². The van der Waals surface area contributed by atoms with E-state index in [1.165, 1.54) is 0 Å². The minimum atomic E-state index is -0.113. The van der Waals surface area contributed by atoms with Crippen LogP contribution in [0.4, 0.5) is 5.82 Å². The monoisotopic (exact) mass is 179 g/mol. The summed E-state index contributed by atoms with van der Waals surface area (Å²) in [5.74, 6) is 0.183. The van der Waals surface area contributed by atoms with Crippen molar-refractivity contribution in [1.82, 2.24) is 9.97 Å². The van der Waals surface area contributed by atoms with Crippen molar-refractivity contribution in [3.8, 4) is 0 Å². The van der Waals surface area contributed by atoms with E-state index in [9.17, 15) is 4.79 Å². The lowest BCUT2D eigenvalue weighted by Crippen LogP contribution is -2.16. The molecule has 0 spiro atoms. The van der Waals surface area contributed by atoms with E-state index in [4.69, 9.17) is 5.73 Å². The van der Waals surface area contributed by atoms with Crippen LogP contribution in [0.2, 0.25) is 0 Å². The van der Waals surface area contributed by atoms with Gasteiger partial charge in [-0.1, -0.05) is 20.8 Å². The topological polar surface area (TPSA) is 68.9 Å². The summed E-state index contributed by atoms with van der Waals surface area (Å²) in [6.45, 7) is 6.01. The summed E-state index contributed by atoms with van der Waals surface area (Å²) in [5, 5.41) is 0. The van der Waals surface area contributed by atoms with Gasteiger partial charge >= 0.3 is 0 Å². The molecule has 0 aliphatic rings. The molecule has 1 rings (SSSR count). The lowest BCUT2D eigenvalue weighted by atomic mass is 9.92. The molecule has 70 valence electrons. The lowest BCUT2D eigenvalue weighted by Gasteiger charge is -2.17. The second-order valence-corrected chi connectivity index (χ2v) is 3.89. The summed E-state index contributed by atoms with van der Waals surface area (Å²) >= 11 is 0. The van der Waals surface area contributed by atoms with E-state index in [0.29, 0.717) is 6.29 Å². The number of anilines is 1. The Morgan fingerprint density at radius 1 is 1.46 bits per heavy atom. The second kappa shape index (κ2) is 3.12. The molecule has 0 unspecified atom stereocenters. The zero-order valence-corrected chi connectivity index (χ0v) is 8.03. The average molecular weight is 179 g/mol. The molecule has 4 nitrogen and oxygen atoms in total. The van der Waals surface area contributed by atoms with Crippen LogP contribution >= 0.6 is 0 Å². The Balaban J connectivity index is 3.21. The zero-order chi connectivity index (χ0) is 10.1. The van der Waals surface area contributed by atoms with Crippen molar-refractivity contribution in [3.63, 3.8) is 0 Å². The van der Waals surface area contributed by atoms with Gasteiger partial charge in [-0.3, -0.25) is 4.79 Å². The van der Waals surface area contributed by atoms with Gasteiger partial charge in [-0.15, -0.1) is 0 Å². The molecule has 0 amide bonds. The van der Waals surface area contributed by atoms with Crippen molar-refractivity contribution in [3.05, 3.63) is 17.6 Å². The Morgan fingerprint density at radius 2 is 2.08 bits per heavy atom. The number of hydrogen-bond donors (Lipinski definition) is 1. The molecule has 4 heteroatoms. The molecule has 0 aliphatic carbocycles. The third-order valence-electron chi connectivity index (χ3n) is 1.71. The number of hydrogen-bond acceptors (Lipinski definition) is 4. The van der Waals surface area contributed by atoms with Gasteiger partial charge in [-0.25, -0.2) is 9.97 Å². The summed E-state index contributed by atoms with van der Waals surface area (Å²) in [6, 6.07) is 0. The van der Waals surface area contributed by atoms with Gasteiger partial charge in [0.05, 0.1) is 11.9 Å². The predicted octanol–water partition coefficient (Wildman–Crippen LogP) is 1.17.